The number of carbonyl (C=O) groups excluding carboxylic acids is 2. The fraction of sp³-hybridized carbons (Fsp3) is 0.263. The number of rotatable bonds is 5. The quantitative estimate of drug-likeness (QED) is 0.353. The minimum Gasteiger partial charge on any atom is -0.365 e. The molecule has 1 aromatic heterocycles. The summed E-state index contributed by atoms with van der Waals surface area (Å²) in [5.74, 6) is -0.906. The third-order valence-corrected chi connectivity index (χ3v) is 5.64. The Kier molecular flexibility index (Phi) is 5.66. The number of non-ortho nitro benzene ring substituents is 1. The van der Waals surface area contributed by atoms with Crippen LogP contribution in [-0.4, -0.2) is 16.7 Å². The molecule has 2 aromatic rings. The van der Waals surface area contributed by atoms with Gasteiger partial charge in [-0.2, -0.15) is 0 Å². The van der Waals surface area contributed by atoms with Crippen molar-refractivity contribution in [3.05, 3.63) is 62.0 Å². The smallest absolute Gasteiger partial charge is 0.269 e. The first kappa shape index (κ1) is 18.8. The number of primary amides is 1. The fourth-order valence-electron chi connectivity index (χ4n) is 3.12. The summed E-state index contributed by atoms with van der Waals surface area (Å²) in [6, 6.07) is 5.87. The van der Waals surface area contributed by atoms with Crippen molar-refractivity contribution in [2.45, 2.75) is 32.1 Å². The largest absolute Gasteiger partial charge is 0.365 e. The lowest BCUT2D eigenvalue weighted by molar-refractivity contribution is -0.384. The SMILES string of the molecule is NC(=O)c1c(NC(=O)C=Cc2ccc([N+](=O)[O-])cc2)sc2c1CCCCC2. The van der Waals surface area contributed by atoms with Crippen LogP contribution in [0.25, 0.3) is 6.08 Å². The number of carbonyl (C=O) groups is 2. The first-order valence-corrected chi connectivity index (χ1v) is 9.45. The van der Waals surface area contributed by atoms with E-state index in [0.29, 0.717) is 16.1 Å². The Bertz CT molecular complexity index is 916. The number of nitro benzene ring substituents is 1. The summed E-state index contributed by atoms with van der Waals surface area (Å²) >= 11 is 1.42. The van der Waals surface area contributed by atoms with Crippen LogP contribution in [0.4, 0.5) is 10.7 Å². The van der Waals surface area contributed by atoms with E-state index in [4.69, 9.17) is 5.73 Å². The minimum absolute atomic E-state index is 0.0113. The van der Waals surface area contributed by atoms with Gasteiger partial charge >= 0.3 is 0 Å². The highest BCUT2D eigenvalue weighted by molar-refractivity contribution is 7.17. The number of hydrogen-bond acceptors (Lipinski definition) is 5. The lowest BCUT2D eigenvalue weighted by Gasteiger charge is -2.04. The molecule has 0 aliphatic heterocycles. The maximum atomic E-state index is 12.3. The second-order valence-electron chi connectivity index (χ2n) is 6.30. The first-order chi connectivity index (χ1) is 13.0. The van der Waals surface area contributed by atoms with E-state index in [1.807, 2.05) is 0 Å². The number of nitrogens with two attached hydrogens (primary N) is 1. The van der Waals surface area contributed by atoms with E-state index < -0.39 is 10.8 Å². The molecule has 0 unspecified atom stereocenters. The summed E-state index contributed by atoms with van der Waals surface area (Å²) in [4.78, 5) is 35.5. The topological polar surface area (TPSA) is 115 Å². The van der Waals surface area contributed by atoms with Crippen molar-refractivity contribution in [2.24, 2.45) is 5.73 Å². The number of nitrogens with one attached hydrogen (secondary N) is 1. The number of nitrogens with zero attached hydrogens (tertiary/aromatic N) is 1. The van der Waals surface area contributed by atoms with Crippen LogP contribution in [0.5, 0.6) is 0 Å². The maximum absolute atomic E-state index is 12.3. The van der Waals surface area contributed by atoms with Gasteiger partial charge in [0.15, 0.2) is 0 Å². The molecule has 140 valence electrons. The zero-order valence-electron chi connectivity index (χ0n) is 14.6. The number of thiophene rings is 1. The molecule has 8 heteroatoms. The van der Waals surface area contributed by atoms with E-state index in [1.54, 1.807) is 18.2 Å². The molecule has 0 fully saturated rings. The zero-order chi connectivity index (χ0) is 19.4. The van der Waals surface area contributed by atoms with Crippen molar-refractivity contribution in [3.8, 4) is 0 Å². The number of nitro groups is 1. The fourth-order valence-corrected chi connectivity index (χ4v) is 4.42. The van der Waals surface area contributed by atoms with Gasteiger partial charge in [0.05, 0.1) is 10.5 Å². The lowest BCUT2D eigenvalue weighted by atomic mass is 10.1. The van der Waals surface area contributed by atoms with Gasteiger partial charge in [0, 0.05) is 23.1 Å². The molecular weight excluding hydrogens is 366 g/mol. The van der Waals surface area contributed by atoms with Crippen molar-refractivity contribution >= 4 is 39.9 Å². The Morgan fingerprint density at radius 1 is 1.15 bits per heavy atom. The van der Waals surface area contributed by atoms with Gasteiger partial charge in [0.2, 0.25) is 5.91 Å². The normalized spacial score (nSPS) is 13.8. The van der Waals surface area contributed by atoms with E-state index >= 15 is 0 Å². The predicted molar refractivity (Wildman–Crippen MR) is 105 cm³/mol. The van der Waals surface area contributed by atoms with Crippen LogP contribution in [0.15, 0.2) is 30.3 Å². The Morgan fingerprint density at radius 2 is 1.85 bits per heavy atom. The van der Waals surface area contributed by atoms with Gasteiger partial charge in [-0.1, -0.05) is 6.42 Å². The summed E-state index contributed by atoms with van der Waals surface area (Å²) in [7, 11) is 0. The molecule has 27 heavy (non-hydrogen) atoms. The highest BCUT2D eigenvalue weighted by Gasteiger charge is 2.23. The molecule has 0 radical (unpaired) electrons. The van der Waals surface area contributed by atoms with Gasteiger partial charge in [-0.25, -0.2) is 0 Å². The summed E-state index contributed by atoms with van der Waals surface area (Å²) in [5.41, 5.74) is 7.60. The van der Waals surface area contributed by atoms with Crippen molar-refractivity contribution in [3.63, 3.8) is 0 Å². The molecule has 3 N–H and O–H groups in total. The molecule has 1 aliphatic carbocycles. The Morgan fingerprint density at radius 3 is 2.52 bits per heavy atom. The van der Waals surface area contributed by atoms with Gasteiger partial charge < -0.3 is 11.1 Å². The van der Waals surface area contributed by atoms with Crippen LogP contribution < -0.4 is 11.1 Å². The van der Waals surface area contributed by atoms with E-state index in [2.05, 4.69) is 5.32 Å². The summed E-state index contributed by atoms with van der Waals surface area (Å²) < 4.78 is 0. The van der Waals surface area contributed by atoms with Crippen molar-refractivity contribution < 1.29 is 14.5 Å². The molecular formula is C19H19N3O4S. The average molecular weight is 385 g/mol. The van der Waals surface area contributed by atoms with E-state index in [1.165, 1.54) is 29.5 Å². The van der Waals surface area contributed by atoms with Gasteiger partial charge in [-0.3, -0.25) is 19.7 Å². The number of fused-ring (bicyclic) bond motifs is 1. The standard InChI is InChI=1S/C19H19N3O4S/c20-18(24)17-14-4-2-1-3-5-15(14)27-19(17)21-16(23)11-8-12-6-9-13(10-7-12)22(25)26/h6-11H,1-5H2,(H2,20,24)(H,21,23). The second kappa shape index (κ2) is 8.13. The number of aryl methyl sites for hydroxylation is 1. The van der Waals surface area contributed by atoms with Crippen molar-refractivity contribution in [2.75, 3.05) is 5.32 Å². The number of anilines is 1. The number of amides is 2. The molecule has 0 saturated carbocycles. The Labute approximate surface area is 160 Å². The first-order valence-electron chi connectivity index (χ1n) is 8.63. The lowest BCUT2D eigenvalue weighted by Crippen LogP contribution is -2.16. The van der Waals surface area contributed by atoms with Crippen LogP contribution in [0, 0.1) is 10.1 Å². The van der Waals surface area contributed by atoms with Crippen LogP contribution >= 0.6 is 11.3 Å². The summed E-state index contributed by atoms with van der Waals surface area (Å²) in [6.07, 6.45) is 7.79. The van der Waals surface area contributed by atoms with Crippen LogP contribution in [0.3, 0.4) is 0 Å². The summed E-state index contributed by atoms with van der Waals surface area (Å²) in [5, 5.41) is 13.9. The molecule has 0 bridgehead atoms. The van der Waals surface area contributed by atoms with Gasteiger partial charge in [-0.15, -0.1) is 11.3 Å². The van der Waals surface area contributed by atoms with Crippen molar-refractivity contribution in [1.82, 2.24) is 0 Å². The second-order valence-corrected chi connectivity index (χ2v) is 7.41. The zero-order valence-corrected chi connectivity index (χ0v) is 15.4. The molecule has 0 spiro atoms. The molecule has 7 nitrogen and oxygen atoms in total. The summed E-state index contributed by atoms with van der Waals surface area (Å²) in [6.45, 7) is 0. The van der Waals surface area contributed by atoms with Crippen LogP contribution in [0.2, 0.25) is 0 Å². The van der Waals surface area contributed by atoms with E-state index in [9.17, 15) is 19.7 Å². The highest BCUT2D eigenvalue weighted by Crippen LogP contribution is 2.37. The third kappa shape index (κ3) is 4.40. The molecule has 0 atom stereocenters. The monoisotopic (exact) mass is 385 g/mol. The third-order valence-electron chi connectivity index (χ3n) is 4.44. The maximum Gasteiger partial charge on any atom is 0.269 e. The van der Waals surface area contributed by atoms with Gasteiger partial charge in [0.1, 0.15) is 5.00 Å². The molecule has 0 saturated heterocycles. The van der Waals surface area contributed by atoms with Crippen molar-refractivity contribution in [1.29, 1.82) is 0 Å². The van der Waals surface area contributed by atoms with Crippen LogP contribution in [-0.2, 0) is 17.6 Å². The van der Waals surface area contributed by atoms with Gasteiger partial charge in [0.25, 0.3) is 11.6 Å². The minimum atomic E-state index is -0.524. The Hall–Kier alpha value is -3.00. The predicted octanol–water partition coefficient (Wildman–Crippen LogP) is 3.68. The molecule has 1 aliphatic rings. The van der Waals surface area contributed by atoms with Gasteiger partial charge in [-0.05, 0) is 55.0 Å². The average Bonchev–Trinajstić information content (AvgIpc) is 2.81. The number of benzene rings is 1. The highest BCUT2D eigenvalue weighted by atomic mass is 32.1. The molecule has 3 rings (SSSR count). The Balaban J connectivity index is 1.75. The van der Waals surface area contributed by atoms with E-state index in [0.717, 1.165) is 42.5 Å². The molecule has 1 aromatic carbocycles. The molecule has 2 amide bonds. The number of hydrogen-bond donors (Lipinski definition) is 2. The van der Waals surface area contributed by atoms with Crippen LogP contribution in [0.1, 0.15) is 45.6 Å². The molecule has 1 heterocycles. The van der Waals surface area contributed by atoms with E-state index in [-0.39, 0.29) is 11.6 Å².